The van der Waals surface area contributed by atoms with Gasteiger partial charge in [-0.1, -0.05) is 6.92 Å². The molecule has 0 aromatic rings. The molecule has 1 N–H and O–H groups in total. The van der Waals surface area contributed by atoms with Gasteiger partial charge in [0.05, 0.1) is 11.5 Å². The molecule has 0 saturated carbocycles. The van der Waals surface area contributed by atoms with Crippen molar-refractivity contribution >= 4 is 9.84 Å². The maximum atomic E-state index is 11.4. The van der Waals surface area contributed by atoms with Crippen LogP contribution in [0.2, 0.25) is 0 Å². The zero-order valence-electron chi connectivity index (χ0n) is 12.4. The molecule has 0 radical (unpaired) electrons. The first-order valence-corrected chi connectivity index (χ1v) is 8.62. The first-order chi connectivity index (χ1) is 8.11. The second-order valence-corrected chi connectivity index (χ2v) is 8.84. The standard InChI is InChI=1S/C13H28N2O2S/c1-11(10-14-13(3,4)5)12(2)15-6-8-18(16,17)9-7-15/h11-12,14H,6-10H2,1-5H3. The molecule has 1 saturated heterocycles. The van der Waals surface area contributed by atoms with Crippen molar-refractivity contribution in [1.82, 2.24) is 10.2 Å². The third-order valence-corrected chi connectivity index (χ3v) is 5.34. The molecule has 2 atom stereocenters. The van der Waals surface area contributed by atoms with E-state index < -0.39 is 9.84 Å². The van der Waals surface area contributed by atoms with Gasteiger partial charge in [-0.05, 0) is 40.2 Å². The molecule has 0 amide bonds. The molecule has 0 aliphatic carbocycles. The van der Waals surface area contributed by atoms with Crippen molar-refractivity contribution in [2.75, 3.05) is 31.1 Å². The van der Waals surface area contributed by atoms with E-state index in [1.807, 2.05) is 0 Å². The molecule has 5 heteroatoms. The third-order valence-electron chi connectivity index (χ3n) is 3.73. The van der Waals surface area contributed by atoms with Crippen molar-refractivity contribution in [1.29, 1.82) is 0 Å². The number of hydrogen-bond acceptors (Lipinski definition) is 4. The zero-order chi connectivity index (χ0) is 14.0. The van der Waals surface area contributed by atoms with Crippen LogP contribution in [0, 0.1) is 5.92 Å². The predicted octanol–water partition coefficient (Wildman–Crippen LogP) is 1.13. The van der Waals surface area contributed by atoms with Crippen molar-refractivity contribution in [3.63, 3.8) is 0 Å². The first kappa shape index (κ1) is 15.9. The minimum absolute atomic E-state index is 0.138. The van der Waals surface area contributed by atoms with Crippen LogP contribution < -0.4 is 5.32 Å². The number of nitrogens with one attached hydrogen (secondary N) is 1. The third kappa shape index (κ3) is 5.24. The Morgan fingerprint density at radius 3 is 2.11 bits per heavy atom. The van der Waals surface area contributed by atoms with Crippen LogP contribution in [0.4, 0.5) is 0 Å². The fourth-order valence-corrected chi connectivity index (χ4v) is 3.36. The lowest BCUT2D eigenvalue weighted by atomic mass is 10.00. The van der Waals surface area contributed by atoms with Gasteiger partial charge in [0, 0.05) is 24.7 Å². The second-order valence-electron chi connectivity index (χ2n) is 6.54. The SMILES string of the molecule is CC(CNC(C)(C)C)C(C)N1CCS(=O)(=O)CC1. The van der Waals surface area contributed by atoms with E-state index in [-0.39, 0.29) is 5.54 Å². The molecule has 1 aliphatic rings. The average molecular weight is 276 g/mol. The molecule has 2 unspecified atom stereocenters. The molecule has 0 spiro atoms. The van der Waals surface area contributed by atoms with Crippen molar-refractivity contribution in [2.45, 2.75) is 46.2 Å². The Morgan fingerprint density at radius 1 is 1.17 bits per heavy atom. The summed E-state index contributed by atoms with van der Waals surface area (Å²) < 4.78 is 22.8. The summed E-state index contributed by atoms with van der Waals surface area (Å²) in [5, 5.41) is 3.51. The predicted molar refractivity (Wildman–Crippen MR) is 76.6 cm³/mol. The summed E-state index contributed by atoms with van der Waals surface area (Å²) in [7, 11) is -2.77. The summed E-state index contributed by atoms with van der Waals surface area (Å²) in [6.07, 6.45) is 0. The van der Waals surface area contributed by atoms with Gasteiger partial charge >= 0.3 is 0 Å². The number of rotatable bonds is 4. The largest absolute Gasteiger partial charge is 0.312 e. The summed E-state index contributed by atoms with van der Waals surface area (Å²) in [6.45, 7) is 13.3. The van der Waals surface area contributed by atoms with Crippen LogP contribution in [0.3, 0.4) is 0 Å². The fourth-order valence-electron chi connectivity index (χ4n) is 2.13. The van der Waals surface area contributed by atoms with Gasteiger partial charge in [-0.3, -0.25) is 4.90 Å². The van der Waals surface area contributed by atoms with E-state index in [0.717, 1.165) is 6.54 Å². The Bertz CT molecular complexity index is 346. The minimum atomic E-state index is -2.77. The van der Waals surface area contributed by atoms with Gasteiger partial charge in [-0.2, -0.15) is 0 Å². The van der Waals surface area contributed by atoms with Crippen molar-refractivity contribution < 1.29 is 8.42 Å². The highest BCUT2D eigenvalue weighted by Crippen LogP contribution is 2.15. The lowest BCUT2D eigenvalue weighted by Gasteiger charge is -2.36. The van der Waals surface area contributed by atoms with E-state index in [1.54, 1.807) is 0 Å². The second kappa shape index (κ2) is 5.88. The van der Waals surface area contributed by atoms with Gasteiger partial charge in [-0.15, -0.1) is 0 Å². The van der Waals surface area contributed by atoms with Gasteiger partial charge < -0.3 is 5.32 Å². The van der Waals surface area contributed by atoms with Crippen LogP contribution in [-0.4, -0.2) is 56.0 Å². The molecule has 1 rings (SSSR count). The van der Waals surface area contributed by atoms with Crippen LogP contribution in [0.15, 0.2) is 0 Å². The first-order valence-electron chi connectivity index (χ1n) is 6.80. The van der Waals surface area contributed by atoms with Crippen molar-refractivity contribution in [3.05, 3.63) is 0 Å². The summed E-state index contributed by atoms with van der Waals surface area (Å²) in [5.41, 5.74) is 0.138. The molecule has 4 nitrogen and oxygen atoms in total. The molecule has 0 aromatic carbocycles. The number of sulfone groups is 1. The molecular formula is C13H28N2O2S. The Labute approximate surface area is 112 Å². The van der Waals surface area contributed by atoms with Crippen LogP contribution >= 0.6 is 0 Å². The average Bonchev–Trinajstić information content (AvgIpc) is 2.24. The Kier molecular flexibility index (Phi) is 5.21. The van der Waals surface area contributed by atoms with Crippen molar-refractivity contribution in [2.24, 2.45) is 5.92 Å². The lowest BCUT2D eigenvalue weighted by molar-refractivity contribution is 0.167. The Balaban J connectivity index is 2.42. The van der Waals surface area contributed by atoms with Crippen LogP contribution in [0.1, 0.15) is 34.6 Å². The van der Waals surface area contributed by atoms with Crippen LogP contribution in [0.25, 0.3) is 0 Å². The van der Waals surface area contributed by atoms with Gasteiger partial charge in [0.2, 0.25) is 0 Å². The summed E-state index contributed by atoms with van der Waals surface area (Å²) in [5.74, 6) is 1.15. The molecule has 1 fully saturated rings. The van der Waals surface area contributed by atoms with Crippen LogP contribution in [-0.2, 0) is 9.84 Å². The van der Waals surface area contributed by atoms with E-state index in [0.29, 0.717) is 36.6 Å². The Morgan fingerprint density at radius 2 is 1.67 bits per heavy atom. The number of hydrogen-bond donors (Lipinski definition) is 1. The van der Waals surface area contributed by atoms with E-state index in [9.17, 15) is 8.42 Å². The van der Waals surface area contributed by atoms with E-state index >= 15 is 0 Å². The van der Waals surface area contributed by atoms with Gasteiger partial charge in [-0.25, -0.2) is 8.42 Å². The molecule has 1 aliphatic heterocycles. The quantitative estimate of drug-likeness (QED) is 0.836. The highest BCUT2D eigenvalue weighted by Gasteiger charge is 2.27. The molecular weight excluding hydrogens is 248 g/mol. The fraction of sp³-hybridized carbons (Fsp3) is 1.00. The normalized spacial score (nSPS) is 24.7. The topological polar surface area (TPSA) is 49.4 Å². The molecule has 18 heavy (non-hydrogen) atoms. The maximum Gasteiger partial charge on any atom is 0.152 e. The lowest BCUT2D eigenvalue weighted by Crippen LogP contribution is -2.50. The zero-order valence-corrected chi connectivity index (χ0v) is 13.2. The minimum Gasteiger partial charge on any atom is -0.312 e. The highest BCUT2D eigenvalue weighted by atomic mass is 32.2. The van der Waals surface area contributed by atoms with Gasteiger partial charge in [0.15, 0.2) is 9.84 Å². The molecule has 0 bridgehead atoms. The highest BCUT2D eigenvalue weighted by molar-refractivity contribution is 7.91. The van der Waals surface area contributed by atoms with Gasteiger partial charge in [0.1, 0.15) is 0 Å². The van der Waals surface area contributed by atoms with Gasteiger partial charge in [0.25, 0.3) is 0 Å². The molecule has 0 aromatic heterocycles. The maximum absolute atomic E-state index is 11.4. The molecule has 108 valence electrons. The van der Waals surface area contributed by atoms with Crippen molar-refractivity contribution in [3.8, 4) is 0 Å². The van der Waals surface area contributed by atoms with E-state index in [2.05, 4.69) is 44.8 Å². The smallest absolute Gasteiger partial charge is 0.152 e. The van der Waals surface area contributed by atoms with E-state index in [1.165, 1.54) is 0 Å². The van der Waals surface area contributed by atoms with E-state index in [4.69, 9.17) is 0 Å². The summed E-state index contributed by atoms with van der Waals surface area (Å²) >= 11 is 0. The molecule has 1 heterocycles. The number of nitrogens with zero attached hydrogens (tertiary/aromatic N) is 1. The monoisotopic (exact) mass is 276 g/mol. The summed E-state index contributed by atoms with van der Waals surface area (Å²) in [4.78, 5) is 2.30. The Hall–Kier alpha value is -0.130. The van der Waals surface area contributed by atoms with Crippen LogP contribution in [0.5, 0.6) is 0 Å². The summed E-state index contributed by atoms with van der Waals surface area (Å²) in [6, 6.07) is 0.426.